The first-order valence-corrected chi connectivity index (χ1v) is 10.7. The monoisotopic (exact) mass is 389 g/mol. The fourth-order valence-electron chi connectivity index (χ4n) is 5.25. The van der Waals surface area contributed by atoms with E-state index in [2.05, 4.69) is 34.6 Å². The highest BCUT2D eigenvalue weighted by atomic mass is 16.3. The molecule has 1 aliphatic carbocycles. The van der Waals surface area contributed by atoms with Gasteiger partial charge in [-0.2, -0.15) is 0 Å². The van der Waals surface area contributed by atoms with Crippen molar-refractivity contribution in [3.8, 4) is 0 Å². The fourth-order valence-corrected chi connectivity index (χ4v) is 5.25. The van der Waals surface area contributed by atoms with Crippen molar-refractivity contribution in [1.82, 2.24) is 9.88 Å². The topological polar surface area (TPSA) is 65.5 Å². The predicted molar refractivity (Wildman–Crippen MR) is 114 cm³/mol. The number of allylic oxidation sites excluding steroid dienone is 2. The van der Waals surface area contributed by atoms with Gasteiger partial charge in [-0.05, 0) is 73.1 Å². The Kier molecular flexibility index (Phi) is 4.84. The summed E-state index contributed by atoms with van der Waals surface area (Å²) in [5.74, 6) is 0.264. The molecule has 5 rings (SSSR count). The van der Waals surface area contributed by atoms with Crippen LogP contribution in [0, 0.1) is 5.92 Å². The number of carbonyl (C=O) groups excluding carboxylic acids is 1. The van der Waals surface area contributed by atoms with Crippen molar-refractivity contribution in [1.29, 1.82) is 0 Å². The molecule has 1 aromatic carbocycles. The summed E-state index contributed by atoms with van der Waals surface area (Å²) >= 11 is 0. The van der Waals surface area contributed by atoms with Gasteiger partial charge in [0.1, 0.15) is 0 Å². The maximum atomic E-state index is 13.3. The predicted octanol–water partition coefficient (Wildman–Crippen LogP) is 4.03. The van der Waals surface area contributed by atoms with E-state index in [4.69, 9.17) is 0 Å². The number of nitrogens with zero attached hydrogens (tertiary/aromatic N) is 2. The zero-order valence-electron chi connectivity index (χ0n) is 16.6. The first-order valence-electron chi connectivity index (χ1n) is 10.7. The number of aliphatic hydroxyl groups excluding tert-OH is 1. The molecule has 1 fully saturated rings. The molecule has 3 atom stereocenters. The summed E-state index contributed by atoms with van der Waals surface area (Å²) in [6, 6.07) is 10.1. The number of nitrogens with one attached hydrogen (secondary N) is 1. The van der Waals surface area contributed by atoms with Crippen LogP contribution in [0.5, 0.6) is 0 Å². The Morgan fingerprint density at radius 3 is 2.83 bits per heavy atom. The van der Waals surface area contributed by atoms with Gasteiger partial charge in [-0.1, -0.05) is 12.1 Å². The number of aliphatic hydroxyl groups is 1. The number of amides is 1. The van der Waals surface area contributed by atoms with E-state index in [1.54, 1.807) is 24.5 Å². The molecule has 150 valence electrons. The van der Waals surface area contributed by atoms with Crippen molar-refractivity contribution >= 4 is 17.2 Å². The van der Waals surface area contributed by atoms with Crippen molar-refractivity contribution in [3.05, 3.63) is 65.5 Å². The molecule has 29 heavy (non-hydrogen) atoms. The lowest BCUT2D eigenvalue weighted by Gasteiger charge is -2.39. The molecule has 5 nitrogen and oxygen atoms in total. The molecule has 1 aromatic heterocycles. The second-order valence-corrected chi connectivity index (χ2v) is 8.34. The quantitative estimate of drug-likeness (QED) is 0.832. The van der Waals surface area contributed by atoms with Crippen LogP contribution in [0.1, 0.15) is 59.6 Å². The van der Waals surface area contributed by atoms with Gasteiger partial charge in [0.05, 0.1) is 18.7 Å². The fraction of sp³-hybridized carbons (Fsp3) is 0.417. The van der Waals surface area contributed by atoms with E-state index in [9.17, 15) is 9.90 Å². The summed E-state index contributed by atoms with van der Waals surface area (Å²) in [4.78, 5) is 19.3. The number of pyridine rings is 1. The van der Waals surface area contributed by atoms with Crippen LogP contribution in [-0.4, -0.2) is 40.1 Å². The minimum absolute atomic E-state index is 0.00629. The van der Waals surface area contributed by atoms with Crippen molar-refractivity contribution in [2.75, 3.05) is 18.5 Å². The molecule has 3 heterocycles. The molecule has 5 heteroatoms. The van der Waals surface area contributed by atoms with Gasteiger partial charge in [0.25, 0.3) is 5.91 Å². The third-order valence-corrected chi connectivity index (χ3v) is 6.72. The van der Waals surface area contributed by atoms with Crippen LogP contribution in [-0.2, 0) is 0 Å². The molecule has 1 saturated heterocycles. The van der Waals surface area contributed by atoms with E-state index < -0.39 is 0 Å². The molecule has 0 radical (unpaired) electrons. The SMILES string of the molecule is O=C(c1ccncc1)N1CC[C@@H]2[C@@H](CO)Nc3ccc(C4=CCCCC4)cc3[C@@H]21. The van der Waals surface area contributed by atoms with E-state index in [-0.39, 0.29) is 30.5 Å². The average molecular weight is 389 g/mol. The van der Waals surface area contributed by atoms with Gasteiger partial charge in [0.2, 0.25) is 0 Å². The van der Waals surface area contributed by atoms with Crippen molar-refractivity contribution in [2.24, 2.45) is 5.92 Å². The summed E-state index contributed by atoms with van der Waals surface area (Å²) in [6.07, 6.45) is 11.4. The number of fused-ring (bicyclic) bond motifs is 3. The second-order valence-electron chi connectivity index (χ2n) is 8.34. The summed E-state index contributed by atoms with van der Waals surface area (Å²) < 4.78 is 0. The number of hydrogen-bond acceptors (Lipinski definition) is 4. The lowest BCUT2D eigenvalue weighted by Crippen LogP contribution is -2.42. The largest absolute Gasteiger partial charge is 0.394 e. The number of hydrogen-bond donors (Lipinski definition) is 2. The van der Waals surface area contributed by atoms with Gasteiger partial charge in [0, 0.05) is 36.1 Å². The summed E-state index contributed by atoms with van der Waals surface area (Å²) in [5, 5.41) is 13.5. The molecular weight excluding hydrogens is 362 g/mol. The van der Waals surface area contributed by atoms with Crippen molar-refractivity contribution in [3.63, 3.8) is 0 Å². The Morgan fingerprint density at radius 1 is 1.21 bits per heavy atom. The number of likely N-dealkylation sites (tertiary alicyclic amines) is 1. The molecule has 0 spiro atoms. The van der Waals surface area contributed by atoms with Gasteiger partial charge < -0.3 is 15.3 Å². The van der Waals surface area contributed by atoms with Crippen LogP contribution < -0.4 is 5.32 Å². The van der Waals surface area contributed by atoms with Crippen LogP contribution in [0.3, 0.4) is 0 Å². The minimum Gasteiger partial charge on any atom is -0.394 e. The second kappa shape index (κ2) is 7.64. The van der Waals surface area contributed by atoms with Crippen LogP contribution in [0.2, 0.25) is 0 Å². The standard InChI is InChI=1S/C24H27N3O2/c28-15-22-19-10-13-27(24(29)17-8-11-25-12-9-17)23(19)20-14-18(6-7-21(20)26-22)16-4-2-1-3-5-16/h4,6-9,11-12,14,19,22-23,26,28H,1-3,5,10,13,15H2/t19-,22-,23-/m1/s1. The molecular formula is C24H27N3O2. The van der Waals surface area contributed by atoms with Gasteiger partial charge in [-0.15, -0.1) is 0 Å². The smallest absolute Gasteiger partial charge is 0.254 e. The molecule has 0 saturated carbocycles. The molecule has 2 aliphatic heterocycles. The molecule has 1 amide bonds. The van der Waals surface area contributed by atoms with E-state index in [1.165, 1.54) is 29.5 Å². The summed E-state index contributed by atoms with van der Waals surface area (Å²) in [5.41, 5.74) is 5.59. The van der Waals surface area contributed by atoms with Crippen LogP contribution in [0.4, 0.5) is 5.69 Å². The number of aromatic nitrogens is 1. The van der Waals surface area contributed by atoms with E-state index in [1.807, 2.05) is 4.90 Å². The first-order chi connectivity index (χ1) is 14.3. The highest BCUT2D eigenvalue weighted by Crippen LogP contribution is 2.47. The number of benzene rings is 1. The van der Waals surface area contributed by atoms with Gasteiger partial charge in [-0.25, -0.2) is 0 Å². The van der Waals surface area contributed by atoms with E-state index in [0.717, 1.165) is 24.9 Å². The summed E-state index contributed by atoms with van der Waals surface area (Å²) in [6.45, 7) is 0.784. The zero-order chi connectivity index (χ0) is 19.8. The summed E-state index contributed by atoms with van der Waals surface area (Å²) in [7, 11) is 0. The van der Waals surface area contributed by atoms with Crippen LogP contribution >= 0.6 is 0 Å². The van der Waals surface area contributed by atoms with Gasteiger partial charge in [-0.3, -0.25) is 9.78 Å². The number of rotatable bonds is 3. The Balaban J connectivity index is 1.55. The molecule has 0 bridgehead atoms. The van der Waals surface area contributed by atoms with Crippen LogP contribution in [0.25, 0.3) is 5.57 Å². The van der Waals surface area contributed by atoms with E-state index >= 15 is 0 Å². The lowest BCUT2D eigenvalue weighted by atomic mass is 9.81. The average Bonchev–Trinajstić information content (AvgIpc) is 3.24. The molecule has 0 unspecified atom stereocenters. The maximum absolute atomic E-state index is 13.3. The van der Waals surface area contributed by atoms with Crippen LogP contribution in [0.15, 0.2) is 48.8 Å². The van der Waals surface area contributed by atoms with Gasteiger partial charge >= 0.3 is 0 Å². The highest BCUT2D eigenvalue weighted by molar-refractivity contribution is 5.94. The minimum atomic E-state index is -0.0255. The first kappa shape index (κ1) is 18.4. The Hall–Kier alpha value is -2.66. The Bertz CT molecular complexity index is 940. The van der Waals surface area contributed by atoms with E-state index in [0.29, 0.717) is 12.1 Å². The Morgan fingerprint density at radius 2 is 2.07 bits per heavy atom. The van der Waals surface area contributed by atoms with Crippen molar-refractivity contribution in [2.45, 2.75) is 44.2 Å². The highest BCUT2D eigenvalue weighted by Gasteiger charge is 2.45. The maximum Gasteiger partial charge on any atom is 0.254 e. The lowest BCUT2D eigenvalue weighted by molar-refractivity contribution is 0.0701. The number of anilines is 1. The van der Waals surface area contributed by atoms with Gasteiger partial charge in [0.15, 0.2) is 0 Å². The third-order valence-electron chi connectivity index (χ3n) is 6.72. The third kappa shape index (κ3) is 3.23. The van der Waals surface area contributed by atoms with Crippen molar-refractivity contribution < 1.29 is 9.90 Å². The Labute approximate surface area is 171 Å². The zero-order valence-corrected chi connectivity index (χ0v) is 16.6. The molecule has 3 aliphatic rings. The molecule has 2 aromatic rings. The normalized spacial score (nSPS) is 25.6. The molecule has 2 N–H and O–H groups in total. The number of carbonyl (C=O) groups is 1.